The fourth-order valence-corrected chi connectivity index (χ4v) is 3.95. The van der Waals surface area contributed by atoms with E-state index in [9.17, 15) is 0 Å². The maximum absolute atomic E-state index is 5.57. The highest BCUT2D eigenvalue weighted by atomic mass is 16.5. The predicted octanol–water partition coefficient (Wildman–Crippen LogP) is 3.68. The highest BCUT2D eigenvalue weighted by Gasteiger charge is 2.55. The van der Waals surface area contributed by atoms with Crippen LogP contribution in [0.1, 0.15) is 17.5 Å². The van der Waals surface area contributed by atoms with Gasteiger partial charge in [-0.25, -0.2) is 0 Å². The van der Waals surface area contributed by atoms with Gasteiger partial charge in [0.2, 0.25) is 0 Å². The zero-order valence-corrected chi connectivity index (χ0v) is 14.2. The number of hydrogen-bond donors (Lipinski definition) is 0. The minimum Gasteiger partial charge on any atom is -0.497 e. The number of aromatic nitrogens is 1. The van der Waals surface area contributed by atoms with E-state index in [0.717, 1.165) is 34.8 Å². The first kappa shape index (κ1) is 14.5. The average Bonchev–Trinajstić information content (AvgIpc) is 3.31. The molecule has 0 saturated heterocycles. The van der Waals surface area contributed by atoms with Crippen molar-refractivity contribution in [3.63, 3.8) is 0 Å². The Morgan fingerprint density at radius 1 is 1.16 bits per heavy atom. The summed E-state index contributed by atoms with van der Waals surface area (Å²) < 4.78 is 10.9. The molecule has 0 N–H and O–H groups in total. The molecule has 5 rings (SSSR count). The number of fused-ring (bicyclic) bond motifs is 1. The number of pyridine rings is 1. The third-order valence-corrected chi connectivity index (χ3v) is 5.28. The zero-order valence-electron chi connectivity index (χ0n) is 14.2. The molecular weight excluding hydrogens is 312 g/mol. The number of rotatable bonds is 4. The molecule has 4 heteroatoms. The topological polar surface area (TPSA) is 43.7 Å². The van der Waals surface area contributed by atoms with E-state index in [1.807, 2.05) is 30.5 Å². The second-order valence-electron chi connectivity index (χ2n) is 6.56. The van der Waals surface area contributed by atoms with Crippen molar-refractivity contribution in [3.8, 4) is 11.5 Å². The Balaban J connectivity index is 1.61. The van der Waals surface area contributed by atoms with Gasteiger partial charge in [-0.3, -0.25) is 9.98 Å². The van der Waals surface area contributed by atoms with E-state index in [1.54, 1.807) is 26.0 Å². The van der Waals surface area contributed by atoms with Gasteiger partial charge in [-0.1, -0.05) is 5.57 Å². The lowest BCUT2D eigenvalue weighted by Crippen LogP contribution is -2.18. The molecule has 1 aromatic carbocycles. The van der Waals surface area contributed by atoms with Gasteiger partial charge < -0.3 is 9.47 Å². The van der Waals surface area contributed by atoms with Crippen molar-refractivity contribution < 1.29 is 9.47 Å². The van der Waals surface area contributed by atoms with Crippen LogP contribution in [-0.4, -0.2) is 31.0 Å². The quantitative estimate of drug-likeness (QED) is 0.803. The largest absolute Gasteiger partial charge is 0.497 e. The van der Waals surface area contributed by atoms with Gasteiger partial charge in [-0.15, -0.1) is 0 Å². The average molecular weight is 330 g/mol. The number of hydrogen-bond acceptors (Lipinski definition) is 4. The Morgan fingerprint density at radius 3 is 2.84 bits per heavy atom. The van der Waals surface area contributed by atoms with Gasteiger partial charge in [0.05, 0.1) is 26.0 Å². The van der Waals surface area contributed by atoms with Crippen LogP contribution in [0.15, 0.2) is 64.4 Å². The van der Waals surface area contributed by atoms with Crippen LogP contribution < -0.4 is 9.47 Å². The maximum atomic E-state index is 5.57. The summed E-state index contributed by atoms with van der Waals surface area (Å²) in [6, 6.07) is 10.4. The summed E-state index contributed by atoms with van der Waals surface area (Å²) >= 11 is 0. The van der Waals surface area contributed by atoms with Crippen molar-refractivity contribution in [2.75, 3.05) is 14.2 Å². The fraction of sp³-hybridized carbons (Fsp3) is 0.238. The number of ether oxygens (including phenoxy) is 2. The molecule has 2 atom stereocenters. The number of methoxy groups -OCH3 is 2. The minimum atomic E-state index is 0.394. The summed E-state index contributed by atoms with van der Waals surface area (Å²) in [5.74, 6) is 2.08. The van der Waals surface area contributed by atoms with E-state index in [-0.39, 0.29) is 0 Å². The predicted molar refractivity (Wildman–Crippen MR) is 97.2 cm³/mol. The molecule has 25 heavy (non-hydrogen) atoms. The molecule has 2 aromatic rings. The Kier molecular flexibility index (Phi) is 3.07. The Bertz CT molecular complexity index is 957. The van der Waals surface area contributed by atoms with E-state index >= 15 is 0 Å². The first-order valence-corrected chi connectivity index (χ1v) is 8.45. The lowest BCUT2D eigenvalue weighted by Gasteiger charge is -2.20. The van der Waals surface area contributed by atoms with Crippen molar-refractivity contribution in [1.29, 1.82) is 0 Å². The summed E-state index contributed by atoms with van der Waals surface area (Å²) in [7, 11) is 3.35. The molecule has 0 bridgehead atoms. The number of nitrogens with zero attached hydrogens (tertiary/aromatic N) is 2. The number of benzene rings is 1. The van der Waals surface area contributed by atoms with Gasteiger partial charge >= 0.3 is 0 Å². The van der Waals surface area contributed by atoms with Gasteiger partial charge in [-0.2, -0.15) is 0 Å². The molecule has 0 fully saturated rings. The van der Waals surface area contributed by atoms with E-state index in [4.69, 9.17) is 14.5 Å². The molecular formula is C21H18N2O2. The summed E-state index contributed by atoms with van der Waals surface area (Å²) in [5.41, 5.74) is 7.56. The Hall–Kier alpha value is -2.88. The highest BCUT2D eigenvalue weighted by Crippen LogP contribution is 2.62. The lowest BCUT2D eigenvalue weighted by molar-refractivity contribution is 0.393. The van der Waals surface area contributed by atoms with Crippen LogP contribution in [0, 0.1) is 5.92 Å². The second-order valence-corrected chi connectivity index (χ2v) is 6.56. The molecule has 2 aliphatic carbocycles. The Morgan fingerprint density at radius 2 is 2.08 bits per heavy atom. The van der Waals surface area contributed by atoms with Crippen molar-refractivity contribution in [2.24, 2.45) is 10.9 Å². The summed E-state index contributed by atoms with van der Waals surface area (Å²) in [6.45, 7) is 0. The first-order valence-electron chi connectivity index (χ1n) is 8.45. The van der Waals surface area contributed by atoms with Crippen LogP contribution in [0.25, 0.3) is 6.08 Å². The van der Waals surface area contributed by atoms with Gasteiger partial charge in [0.1, 0.15) is 11.5 Å². The number of allylic oxidation sites excluding steroid dienone is 1. The van der Waals surface area contributed by atoms with Crippen LogP contribution in [0.3, 0.4) is 0 Å². The summed E-state index contributed by atoms with van der Waals surface area (Å²) in [6.07, 6.45) is 7.02. The molecule has 0 amide bonds. The van der Waals surface area contributed by atoms with E-state index in [1.165, 1.54) is 11.1 Å². The van der Waals surface area contributed by atoms with Crippen molar-refractivity contribution >= 4 is 11.8 Å². The second kappa shape index (κ2) is 5.31. The molecule has 3 aliphatic rings. The zero-order chi connectivity index (χ0) is 17.0. The van der Waals surface area contributed by atoms with E-state index in [0.29, 0.717) is 12.0 Å². The first-order chi connectivity index (χ1) is 12.3. The van der Waals surface area contributed by atoms with Crippen LogP contribution >= 0.6 is 0 Å². The van der Waals surface area contributed by atoms with Crippen LogP contribution in [0.4, 0.5) is 0 Å². The normalized spacial score (nSPS) is 24.4. The van der Waals surface area contributed by atoms with E-state index < -0.39 is 0 Å². The molecule has 0 spiro atoms. The van der Waals surface area contributed by atoms with Gasteiger partial charge in [-0.05, 0) is 47.9 Å². The summed E-state index contributed by atoms with van der Waals surface area (Å²) in [5, 5.41) is 0. The number of aliphatic imine (C=N–C) groups is 1. The minimum absolute atomic E-state index is 0.394. The van der Waals surface area contributed by atoms with Crippen LogP contribution in [-0.2, 0) is 0 Å². The molecule has 1 aliphatic heterocycles. The third-order valence-electron chi connectivity index (χ3n) is 5.28. The smallest absolute Gasteiger partial charge is 0.129 e. The standard InChI is InChI=1S/C21H18N2O2/c1-24-14-6-5-12(18(9-14)25-2)8-16-19-15-10-17(20(15)19)23-21(16)13-4-3-7-22-11-13/h3-9,11,17,19H,10H2,1-2H3. The van der Waals surface area contributed by atoms with Crippen molar-refractivity contribution in [2.45, 2.75) is 12.5 Å². The van der Waals surface area contributed by atoms with E-state index in [2.05, 4.69) is 17.1 Å². The van der Waals surface area contributed by atoms with Crippen molar-refractivity contribution in [1.82, 2.24) is 4.98 Å². The third kappa shape index (κ3) is 2.14. The molecule has 0 saturated carbocycles. The molecule has 2 heterocycles. The fourth-order valence-electron chi connectivity index (χ4n) is 3.95. The van der Waals surface area contributed by atoms with Gasteiger partial charge in [0, 0.05) is 35.5 Å². The maximum Gasteiger partial charge on any atom is 0.129 e. The van der Waals surface area contributed by atoms with Gasteiger partial charge in [0.15, 0.2) is 0 Å². The molecule has 2 unspecified atom stereocenters. The van der Waals surface area contributed by atoms with Gasteiger partial charge in [0.25, 0.3) is 0 Å². The lowest BCUT2D eigenvalue weighted by atomic mass is 9.92. The summed E-state index contributed by atoms with van der Waals surface area (Å²) in [4.78, 5) is 9.27. The Labute approximate surface area is 146 Å². The molecule has 0 radical (unpaired) electrons. The van der Waals surface area contributed by atoms with Crippen LogP contribution in [0.2, 0.25) is 0 Å². The van der Waals surface area contributed by atoms with Crippen molar-refractivity contribution in [3.05, 3.63) is 70.6 Å². The highest BCUT2D eigenvalue weighted by molar-refractivity contribution is 6.18. The van der Waals surface area contributed by atoms with Crippen LogP contribution in [0.5, 0.6) is 11.5 Å². The molecule has 1 aromatic heterocycles. The molecule has 4 nitrogen and oxygen atoms in total. The monoisotopic (exact) mass is 330 g/mol. The molecule has 124 valence electrons. The SMILES string of the molecule is COc1ccc(C=C2C(c3cccnc3)=NC3CC4=C3C24)c(OC)c1.